The first kappa shape index (κ1) is 10.7. The minimum absolute atomic E-state index is 0.583. The molecule has 0 radical (unpaired) electrons. The molecule has 0 N–H and O–H groups in total. The molecule has 0 fully saturated rings. The lowest BCUT2D eigenvalue weighted by Gasteiger charge is -2.25. The van der Waals surface area contributed by atoms with E-state index in [0.717, 1.165) is 0 Å². The minimum Gasteiger partial charge on any atom is -0.303 e. The highest BCUT2D eigenvalue weighted by Crippen LogP contribution is 2.10. The Balaban J connectivity index is 4.24. The summed E-state index contributed by atoms with van der Waals surface area (Å²) in [7, 11) is 4.26. The average molecular weight is 155 g/mol. The first-order chi connectivity index (χ1) is 4.95. The van der Waals surface area contributed by atoms with Gasteiger partial charge in [0.15, 0.2) is 0 Å². The molecule has 0 aliphatic heterocycles. The van der Waals surface area contributed by atoms with Crippen molar-refractivity contribution < 1.29 is 0 Å². The fourth-order valence-electron chi connectivity index (χ4n) is 1.28. The summed E-state index contributed by atoms with van der Waals surface area (Å²) in [5, 5.41) is 0. The molecule has 1 nitrogen and oxygen atoms in total. The molecule has 0 saturated heterocycles. The molecule has 0 aliphatic carbocycles. The van der Waals surface area contributed by atoms with Crippen molar-refractivity contribution in [3.05, 3.63) is 11.6 Å². The topological polar surface area (TPSA) is 3.24 Å². The van der Waals surface area contributed by atoms with Gasteiger partial charge in [0.05, 0.1) is 0 Å². The molecule has 0 aromatic rings. The predicted octanol–water partition coefficient (Wildman–Crippen LogP) is 2.54. The van der Waals surface area contributed by atoms with Gasteiger partial charge in [-0.15, -0.1) is 0 Å². The maximum absolute atomic E-state index is 2.32. The van der Waals surface area contributed by atoms with Crippen molar-refractivity contribution >= 4 is 0 Å². The highest BCUT2D eigenvalue weighted by Gasteiger charge is 2.11. The first-order valence-electron chi connectivity index (χ1n) is 4.26. The Hall–Kier alpha value is -0.300. The van der Waals surface area contributed by atoms with E-state index < -0.39 is 0 Å². The highest BCUT2D eigenvalue weighted by molar-refractivity contribution is 5.01. The lowest BCUT2D eigenvalue weighted by atomic mass is 10.0. The van der Waals surface area contributed by atoms with Crippen molar-refractivity contribution in [1.82, 2.24) is 4.90 Å². The van der Waals surface area contributed by atoms with Crippen molar-refractivity contribution in [1.29, 1.82) is 0 Å². The average Bonchev–Trinajstić information content (AvgIpc) is 1.81. The summed E-state index contributed by atoms with van der Waals surface area (Å²) in [6.07, 6.45) is 2.32. The quantitative estimate of drug-likeness (QED) is 0.566. The molecule has 1 heteroatoms. The zero-order chi connectivity index (χ0) is 9.02. The molecule has 11 heavy (non-hydrogen) atoms. The van der Waals surface area contributed by atoms with E-state index in [4.69, 9.17) is 0 Å². The normalized spacial score (nSPS) is 13.8. The number of hydrogen-bond acceptors (Lipinski definition) is 1. The van der Waals surface area contributed by atoms with Crippen LogP contribution in [0, 0.1) is 5.92 Å². The van der Waals surface area contributed by atoms with Gasteiger partial charge in [-0.25, -0.2) is 0 Å². The van der Waals surface area contributed by atoms with Gasteiger partial charge in [0, 0.05) is 6.04 Å². The van der Waals surface area contributed by atoms with E-state index >= 15 is 0 Å². The summed E-state index contributed by atoms with van der Waals surface area (Å²) in [4.78, 5) is 2.26. The van der Waals surface area contributed by atoms with Crippen LogP contribution in [0.15, 0.2) is 11.6 Å². The van der Waals surface area contributed by atoms with Crippen LogP contribution in [-0.4, -0.2) is 25.0 Å². The largest absolute Gasteiger partial charge is 0.303 e. The van der Waals surface area contributed by atoms with Gasteiger partial charge in [0.2, 0.25) is 0 Å². The second-order valence-corrected chi connectivity index (χ2v) is 3.94. The van der Waals surface area contributed by atoms with Crippen molar-refractivity contribution in [2.24, 2.45) is 5.92 Å². The lowest BCUT2D eigenvalue weighted by Crippen LogP contribution is -2.30. The van der Waals surface area contributed by atoms with Crippen LogP contribution in [0.1, 0.15) is 27.7 Å². The summed E-state index contributed by atoms with van der Waals surface area (Å²) >= 11 is 0. The summed E-state index contributed by atoms with van der Waals surface area (Å²) in [5.41, 5.74) is 1.40. The second-order valence-electron chi connectivity index (χ2n) is 3.94. The van der Waals surface area contributed by atoms with Gasteiger partial charge in [0.1, 0.15) is 0 Å². The van der Waals surface area contributed by atoms with Crippen molar-refractivity contribution in [3.63, 3.8) is 0 Å². The molecule has 1 unspecified atom stereocenters. The Morgan fingerprint density at radius 2 is 1.64 bits per heavy atom. The van der Waals surface area contributed by atoms with E-state index in [2.05, 4.69) is 52.8 Å². The van der Waals surface area contributed by atoms with Crippen LogP contribution in [0.5, 0.6) is 0 Å². The van der Waals surface area contributed by atoms with Crippen molar-refractivity contribution in [2.45, 2.75) is 33.7 Å². The van der Waals surface area contributed by atoms with Crippen LogP contribution in [0.3, 0.4) is 0 Å². The number of hydrogen-bond donors (Lipinski definition) is 0. The Morgan fingerprint density at radius 1 is 1.18 bits per heavy atom. The van der Waals surface area contributed by atoms with Crippen molar-refractivity contribution in [2.75, 3.05) is 14.1 Å². The Morgan fingerprint density at radius 3 is 1.73 bits per heavy atom. The molecule has 1 atom stereocenters. The Labute approximate surface area is 71.1 Å². The van der Waals surface area contributed by atoms with Crippen molar-refractivity contribution in [3.8, 4) is 0 Å². The monoisotopic (exact) mass is 155 g/mol. The van der Waals surface area contributed by atoms with Crippen LogP contribution in [-0.2, 0) is 0 Å². The highest BCUT2D eigenvalue weighted by atomic mass is 15.1. The molecule has 0 aromatic carbocycles. The van der Waals surface area contributed by atoms with Gasteiger partial charge < -0.3 is 4.90 Å². The molecule has 0 spiro atoms. The van der Waals surface area contributed by atoms with Crippen LogP contribution < -0.4 is 0 Å². The van der Waals surface area contributed by atoms with E-state index in [1.54, 1.807) is 0 Å². The molecule has 66 valence electrons. The van der Waals surface area contributed by atoms with E-state index in [0.29, 0.717) is 12.0 Å². The van der Waals surface area contributed by atoms with Crippen LogP contribution in [0.2, 0.25) is 0 Å². The molecule has 0 heterocycles. The van der Waals surface area contributed by atoms with E-state index in [9.17, 15) is 0 Å². The smallest absolute Gasteiger partial charge is 0.0297 e. The summed E-state index contributed by atoms with van der Waals surface area (Å²) in [6.45, 7) is 8.81. The second kappa shape index (κ2) is 4.55. The molecule has 0 saturated carbocycles. The third kappa shape index (κ3) is 4.20. The molecule has 0 aliphatic rings. The lowest BCUT2D eigenvalue weighted by molar-refractivity contribution is 0.279. The van der Waals surface area contributed by atoms with E-state index in [1.807, 2.05) is 0 Å². The number of nitrogens with zero attached hydrogens (tertiary/aromatic N) is 1. The fraction of sp³-hybridized carbons (Fsp3) is 0.800. The first-order valence-corrected chi connectivity index (χ1v) is 4.26. The SMILES string of the molecule is CC(C)=CC(C(C)C)N(C)C. The van der Waals surface area contributed by atoms with Gasteiger partial charge >= 0.3 is 0 Å². The third-order valence-electron chi connectivity index (χ3n) is 1.78. The summed E-state index contributed by atoms with van der Waals surface area (Å²) < 4.78 is 0. The van der Waals surface area contributed by atoms with E-state index in [-0.39, 0.29) is 0 Å². The maximum atomic E-state index is 2.32. The molecular formula is C10H21N. The molecule has 0 bridgehead atoms. The van der Waals surface area contributed by atoms with Crippen LogP contribution >= 0.6 is 0 Å². The van der Waals surface area contributed by atoms with Crippen LogP contribution in [0.25, 0.3) is 0 Å². The van der Waals surface area contributed by atoms with E-state index in [1.165, 1.54) is 5.57 Å². The van der Waals surface area contributed by atoms with Gasteiger partial charge in [-0.2, -0.15) is 0 Å². The molecule has 0 rings (SSSR count). The molecular weight excluding hydrogens is 134 g/mol. The standard InChI is InChI=1S/C10H21N/c1-8(2)7-10(9(3)4)11(5)6/h7,9-10H,1-6H3. The zero-order valence-corrected chi connectivity index (χ0v) is 8.68. The number of allylic oxidation sites excluding steroid dienone is 1. The predicted molar refractivity (Wildman–Crippen MR) is 51.7 cm³/mol. The summed E-state index contributed by atoms with van der Waals surface area (Å²) in [6, 6.07) is 0.583. The fourth-order valence-corrected chi connectivity index (χ4v) is 1.28. The van der Waals surface area contributed by atoms with Gasteiger partial charge in [-0.3, -0.25) is 0 Å². The van der Waals surface area contributed by atoms with Gasteiger partial charge in [0.25, 0.3) is 0 Å². The Kier molecular flexibility index (Phi) is 4.43. The van der Waals surface area contributed by atoms with Crippen LogP contribution in [0.4, 0.5) is 0 Å². The zero-order valence-electron chi connectivity index (χ0n) is 8.68. The minimum atomic E-state index is 0.583. The Bertz CT molecular complexity index is 122. The maximum Gasteiger partial charge on any atom is 0.0297 e. The third-order valence-corrected chi connectivity index (χ3v) is 1.78. The molecule has 0 amide bonds. The number of likely N-dealkylation sites (N-methyl/N-ethyl adjacent to an activating group) is 1. The van der Waals surface area contributed by atoms with Gasteiger partial charge in [-0.1, -0.05) is 25.5 Å². The summed E-state index contributed by atoms with van der Waals surface area (Å²) in [5.74, 6) is 0.694. The molecule has 0 aromatic heterocycles. The van der Waals surface area contributed by atoms with Gasteiger partial charge in [-0.05, 0) is 33.9 Å². The number of rotatable bonds is 3.